The maximum absolute atomic E-state index is 11.3. The third-order valence-corrected chi connectivity index (χ3v) is 4.10. The molecule has 0 atom stereocenters. The summed E-state index contributed by atoms with van der Waals surface area (Å²) in [4.78, 5) is 16.0. The molecule has 0 aliphatic heterocycles. The summed E-state index contributed by atoms with van der Waals surface area (Å²) in [7, 11) is 0. The van der Waals surface area contributed by atoms with Gasteiger partial charge in [-0.3, -0.25) is 10.2 Å². The molecule has 0 bridgehead atoms. The van der Waals surface area contributed by atoms with Crippen LogP contribution >= 0.6 is 11.3 Å². The van der Waals surface area contributed by atoms with Crippen LogP contribution in [-0.2, 0) is 6.42 Å². The lowest BCUT2D eigenvalue weighted by molar-refractivity contribution is 0.0957. The number of carbonyl (C=O) groups excluding carboxylic acids is 1. The number of hydrogen-bond acceptors (Lipinski definition) is 5. The molecule has 5 nitrogen and oxygen atoms in total. The molecule has 2 rings (SSSR count). The van der Waals surface area contributed by atoms with Gasteiger partial charge in [0.1, 0.15) is 10.6 Å². The second kappa shape index (κ2) is 7.19. The maximum atomic E-state index is 11.3. The van der Waals surface area contributed by atoms with Crippen LogP contribution in [0.4, 0.5) is 0 Å². The summed E-state index contributed by atoms with van der Waals surface area (Å²) in [6, 6.07) is 8.11. The number of aromatic nitrogens is 1. The highest BCUT2D eigenvalue weighted by Crippen LogP contribution is 2.19. The van der Waals surface area contributed by atoms with Crippen LogP contribution < -0.4 is 16.0 Å². The van der Waals surface area contributed by atoms with Crippen molar-refractivity contribution in [2.24, 2.45) is 5.84 Å². The van der Waals surface area contributed by atoms with Crippen molar-refractivity contribution in [3.63, 3.8) is 0 Å². The highest BCUT2D eigenvalue weighted by atomic mass is 32.1. The van der Waals surface area contributed by atoms with Gasteiger partial charge in [-0.05, 0) is 23.6 Å². The zero-order chi connectivity index (χ0) is 15.2. The zero-order valence-electron chi connectivity index (χ0n) is 12.1. The minimum absolute atomic E-state index is 0.316. The minimum Gasteiger partial charge on any atom is -0.493 e. The second-order valence-corrected chi connectivity index (χ2v) is 6.03. The molecule has 3 N–H and O–H groups in total. The van der Waals surface area contributed by atoms with Crippen molar-refractivity contribution >= 4 is 17.2 Å². The lowest BCUT2D eigenvalue weighted by Gasteiger charge is -2.08. The fourth-order valence-electron chi connectivity index (χ4n) is 1.81. The van der Waals surface area contributed by atoms with Gasteiger partial charge in [0.15, 0.2) is 0 Å². The number of nitrogens with zero attached hydrogens (tertiary/aromatic N) is 1. The van der Waals surface area contributed by atoms with Crippen LogP contribution in [0.2, 0.25) is 0 Å². The highest BCUT2D eigenvalue weighted by molar-refractivity contribution is 7.13. The van der Waals surface area contributed by atoms with Crippen LogP contribution in [0.25, 0.3) is 0 Å². The van der Waals surface area contributed by atoms with Crippen LogP contribution in [0, 0.1) is 0 Å². The van der Waals surface area contributed by atoms with E-state index in [9.17, 15) is 4.79 Å². The number of ether oxygens (including phenoxy) is 1. The summed E-state index contributed by atoms with van der Waals surface area (Å²) in [6.07, 6.45) is 2.19. The fourth-order valence-corrected chi connectivity index (χ4v) is 2.61. The number of rotatable bonds is 6. The lowest BCUT2D eigenvalue weighted by atomic mass is 10.0. The normalized spacial score (nSPS) is 10.7. The molecule has 0 fully saturated rings. The molecule has 0 aliphatic rings. The number of nitrogens with one attached hydrogen (secondary N) is 1. The predicted octanol–water partition coefficient (Wildman–Crippen LogP) is 2.49. The summed E-state index contributed by atoms with van der Waals surface area (Å²) >= 11 is 1.32. The van der Waals surface area contributed by atoms with Crippen LogP contribution in [0.5, 0.6) is 5.75 Å². The molecule has 21 heavy (non-hydrogen) atoms. The van der Waals surface area contributed by atoms with Crippen LogP contribution in [0.1, 0.15) is 40.0 Å². The van der Waals surface area contributed by atoms with E-state index in [1.807, 2.05) is 12.1 Å². The monoisotopic (exact) mass is 305 g/mol. The van der Waals surface area contributed by atoms with E-state index in [0.717, 1.165) is 10.8 Å². The van der Waals surface area contributed by atoms with Gasteiger partial charge in [-0.2, -0.15) is 0 Å². The third kappa shape index (κ3) is 4.27. The first-order valence-corrected chi connectivity index (χ1v) is 7.60. The van der Waals surface area contributed by atoms with E-state index in [1.165, 1.54) is 23.1 Å². The predicted molar refractivity (Wildman–Crippen MR) is 83.5 cm³/mol. The molecule has 0 saturated carbocycles. The summed E-state index contributed by atoms with van der Waals surface area (Å²) in [5.41, 5.74) is 3.38. The fraction of sp³-hybridized carbons (Fsp3) is 0.333. The Morgan fingerprint density at radius 2 is 2.10 bits per heavy atom. The van der Waals surface area contributed by atoms with Crippen LogP contribution in [0.15, 0.2) is 30.5 Å². The first-order valence-electron chi connectivity index (χ1n) is 6.78. The number of hydrazine groups is 1. The zero-order valence-corrected chi connectivity index (χ0v) is 12.9. The number of carbonyl (C=O) groups is 1. The van der Waals surface area contributed by atoms with Gasteiger partial charge >= 0.3 is 0 Å². The first-order chi connectivity index (χ1) is 10.1. The number of nitrogens with two attached hydrogens (primary N) is 1. The number of benzene rings is 1. The number of amides is 1. The third-order valence-electron chi connectivity index (χ3n) is 3.04. The Balaban J connectivity index is 1.83. The number of nitrogen functional groups attached to an aromatic ring is 1. The standard InChI is InChI=1S/C15H19N3O2S/c1-10(2)11-3-5-12(6-4-11)20-8-7-14-17-9-13(21-14)15(19)18-16/h3-6,9-10H,7-8,16H2,1-2H3,(H,18,19). The topological polar surface area (TPSA) is 77.2 Å². The smallest absolute Gasteiger partial charge is 0.276 e. The SMILES string of the molecule is CC(C)c1ccc(OCCc2ncc(C(=O)NN)s2)cc1. The molecule has 1 amide bonds. The lowest BCUT2D eigenvalue weighted by Crippen LogP contribution is -2.29. The van der Waals surface area contributed by atoms with E-state index in [0.29, 0.717) is 23.8 Å². The maximum Gasteiger partial charge on any atom is 0.276 e. The van der Waals surface area contributed by atoms with E-state index in [-0.39, 0.29) is 5.91 Å². The second-order valence-electron chi connectivity index (χ2n) is 4.91. The van der Waals surface area contributed by atoms with E-state index in [1.54, 1.807) is 0 Å². The van der Waals surface area contributed by atoms with Gasteiger partial charge in [0.25, 0.3) is 5.91 Å². The van der Waals surface area contributed by atoms with Crippen molar-refractivity contribution in [2.75, 3.05) is 6.61 Å². The largest absolute Gasteiger partial charge is 0.493 e. The Labute approximate surface area is 128 Å². The van der Waals surface area contributed by atoms with Crippen molar-refractivity contribution in [2.45, 2.75) is 26.2 Å². The minimum atomic E-state index is -0.316. The van der Waals surface area contributed by atoms with Gasteiger partial charge in [0.2, 0.25) is 0 Å². The van der Waals surface area contributed by atoms with E-state index < -0.39 is 0 Å². The van der Waals surface area contributed by atoms with Gasteiger partial charge < -0.3 is 4.74 Å². The molecule has 0 unspecified atom stereocenters. The van der Waals surface area contributed by atoms with Gasteiger partial charge in [0.05, 0.1) is 17.8 Å². The molecular weight excluding hydrogens is 286 g/mol. The molecule has 0 saturated heterocycles. The Morgan fingerprint density at radius 1 is 1.38 bits per heavy atom. The van der Waals surface area contributed by atoms with E-state index in [2.05, 4.69) is 36.4 Å². The summed E-state index contributed by atoms with van der Waals surface area (Å²) in [6.45, 7) is 4.85. The molecular formula is C15H19N3O2S. The van der Waals surface area contributed by atoms with Gasteiger partial charge in [-0.15, -0.1) is 11.3 Å². The van der Waals surface area contributed by atoms with Crippen LogP contribution in [-0.4, -0.2) is 17.5 Å². The number of hydrogen-bond donors (Lipinski definition) is 2. The molecule has 0 spiro atoms. The van der Waals surface area contributed by atoms with E-state index in [4.69, 9.17) is 10.6 Å². The van der Waals surface area contributed by atoms with Gasteiger partial charge in [-0.1, -0.05) is 26.0 Å². The van der Waals surface area contributed by atoms with Gasteiger partial charge in [0, 0.05) is 6.42 Å². The van der Waals surface area contributed by atoms with Gasteiger partial charge in [-0.25, -0.2) is 10.8 Å². The Kier molecular flexibility index (Phi) is 5.30. The molecule has 6 heteroatoms. The average Bonchev–Trinajstić information content (AvgIpc) is 2.96. The Morgan fingerprint density at radius 3 is 2.71 bits per heavy atom. The van der Waals surface area contributed by atoms with Crippen LogP contribution in [0.3, 0.4) is 0 Å². The molecule has 1 aromatic carbocycles. The Hall–Kier alpha value is -1.92. The van der Waals surface area contributed by atoms with Crippen molar-refractivity contribution in [3.05, 3.63) is 45.9 Å². The van der Waals surface area contributed by atoms with Crippen molar-refractivity contribution in [1.82, 2.24) is 10.4 Å². The summed E-state index contributed by atoms with van der Waals surface area (Å²) < 4.78 is 5.68. The van der Waals surface area contributed by atoms with E-state index >= 15 is 0 Å². The first kappa shape index (κ1) is 15.5. The highest BCUT2D eigenvalue weighted by Gasteiger charge is 2.09. The summed E-state index contributed by atoms with van der Waals surface area (Å²) in [5, 5.41) is 0.854. The Bertz CT molecular complexity index is 593. The molecule has 2 aromatic rings. The van der Waals surface area contributed by atoms with Crippen molar-refractivity contribution in [3.8, 4) is 5.75 Å². The molecule has 0 aliphatic carbocycles. The summed E-state index contributed by atoms with van der Waals surface area (Å²) in [5.74, 6) is 6.12. The van der Waals surface area contributed by atoms with Crippen molar-refractivity contribution < 1.29 is 9.53 Å². The average molecular weight is 305 g/mol. The van der Waals surface area contributed by atoms with Crippen molar-refractivity contribution in [1.29, 1.82) is 0 Å². The molecule has 1 heterocycles. The molecule has 1 aromatic heterocycles. The molecule has 112 valence electrons. The number of thiazole rings is 1. The quantitative estimate of drug-likeness (QED) is 0.488. The molecule has 0 radical (unpaired) electrons.